The summed E-state index contributed by atoms with van der Waals surface area (Å²) in [6, 6.07) is 9.18. The van der Waals surface area contributed by atoms with Crippen LogP contribution in [0.25, 0.3) is 10.9 Å². The summed E-state index contributed by atoms with van der Waals surface area (Å²) < 4.78 is 7.08. The van der Waals surface area contributed by atoms with E-state index in [-0.39, 0.29) is 5.91 Å². The lowest BCUT2D eigenvalue weighted by Gasteiger charge is -2.10. The predicted molar refractivity (Wildman–Crippen MR) is 82.9 cm³/mol. The zero-order valence-electron chi connectivity index (χ0n) is 12.2. The van der Waals surface area contributed by atoms with Crippen molar-refractivity contribution < 1.29 is 9.53 Å². The van der Waals surface area contributed by atoms with Crippen molar-refractivity contribution in [2.24, 2.45) is 0 Å². The number of carbonyl (C=O) groups is 1. The number of para-hydroxylation sites is 1. The number of ether oxygens (including phenoxy) is 1. The molecule has 3 rings (SSSR count). The molecule has 0 bridgehead atoms. The van der Waals surface area contributed by atoms with Crippen LogP contribution in [-0.4, -0.2) is 34.1 Å². The van der Waals surface area contributed by atoms with Gasteiger partial charge in [-0.05, 0) is 6.07 Å². The van der Waals surface area contributed by atoms with E-state index in [1.54, 1.807) is 18.6 Å². The highest BCUT2D eigenvalue weighted by Gasteiger charge is 2.12. The van der Waals surface area contributed by atoms with Gasteiger partial charge in [-0.3, -0.25) is 4.79 Å². The van der Waals surface area contributed by atoms with Crippen molar-refractivity contribution in [2.75, 3.05) is 13.7 Å². The molecule has 0 aliphatic rings. The highest BCUT2D eigenvalue weighted by molar-refractivity contribution is 6.06. The molecule has 6 heteroatoms. The predicted octanol–water partition coefficient (Wildman–Crippen LogP) is 1.87. The number of hydrogen-bond acceptors (Lipinski definition) is 4. The van der Waals surface area contributed by atoms with Gasteiger partial charge in [-0.2, -0.15) is 0 Å². The van der Waals surface area contributed by atoms with Crippen molar-refractivity contribution >= 4 is 16.8 Å². The summed E-state index contributed by atoms with van der Waals surface area (Å²) in [5.74, 6) is 0.287. The first kappa shape index (κ1) is 14.1. The second-order valence-electron chi connectivity index (χ2n) is 4.79. The zero-order chi connectivity index (χ0) is 15.4. The molecule has 1 N–H and O–H groups in total. The van der Waals surface area contributed by atoms with E-state index in [1.165, 1.54) is 7.11 Å². The molecule has 2 aromatic heterocycles. The SMILES string of the molecule is COc1cc(C(=O)NCCn2ccnc2)c2ccccc2n1. The fraction of sp³-hybridized carbons (Fsp3) is 0.188. The Labute approximate surface area is 127 Å². The average molecular weight is 296 g/mol. The number of amides is 1. The summed E-state index contributed by atoms with van der Waals surface area (Å²) in [6.45, 7) is 1.19. The van der Waals surface area contributed by atoms with Crippen LogP contribution in [0, 0.1) is 0 Å². The van der Waals surface area contributed by atoms with Crippen molar-refractivity contribution in [3.8, 4) is 5.88 Å². The number of rotatable bonds is 5. The molecule has 0 aliphatic heterocycles. The van der Waals surface area contributed by atoms with E-state index < -0.39 is 0 Å². The number of aromatic nitrogens is 3. The highest BCUT2D eigenvalue weighted by atomic mass is 16.5. The summed E-state index contributed by atoms with van der Waals surface area (Å²) in [7, 11) is 1.54. The number of nitrogens with one attached hydrogen (secondary N) is 1. The molecule has 6 nitrogen and oxygen atoms in total. The highest BCUT2D eigenvalue weighted by Crippen LogP contribution is 2.21. The Bertz CT molecular complexity index is 784. The quantitative estimate of drug-likeness (QED) is 0.780. The Hall–Kier alpha value is -2.89. The molecule has 0 spiro atoms. The van der Waals surface area contributed by atoms with Gasteiger partial charge < -0.3 is 14.6 Å². The Morgan fingerprint density at radius 2 is 2.23 bits per heavy atom. The van der Waals surface area contributed by atoms with Crippen molar-refractivity contribution in [3.63, 3.8) is 0 Å². The maximum atomic E-state index is 12.4. The van der Waals surface area contributed by atoms with Gasteiger partial charge in [-0.1, -0.05) is 18.2 Å². The summed E-state index contributed by atoms with van der Waals surface area (Å²) in [5.41, 5.74) is 1.30. The lowest BCUT2D eigenvalue weighted by molar-refractivity contribution is 0.0953. The molecule has 112 valence electrons. The molecule has 0 aliphatic carbocycles. The topological polar surface area (TPSA) is 69.0 Å². The first-order chi connectivity index (χ1) is 10.8. The molecule has 1 amide bonds. The number of nitrogens with zero attached hydrogens (tertiary/aromatic N) is 3. The molecule has 0 saturated heterocycles. The van der Waals surface area contributed by atoms with Crippen molar-refractivity contribution in [2.45, 2.75) is 6.54 Å². The number of methoxy groups -OCH3 is 1. The third-order valence-corrected chi connectivity index (χ3v) is 3.36. The van der Waals surface area contributed by atoms with Gasteiger partial charge in [0.2, 0.25) is 5.88 Å². The normalized spacial score (nSPS) is 10.6. The molecule has 1 aromatic carbocycles. The van der Waals surface area contributed by atoms with Crippen LogP contribution in [-0.2, 0) is 6.54 Å². The van der Waals surface area contributed by atoms with Crippen LogP contribution in [0.4, 0.5) is 0 Å². The molecule has 0 atom stereocenters. The van der Waals surface area contributed by atoms with E-state index >= 15 is 0 Å². The largest absolute Gasteiger partial charge is 0.481 e. The minimum Gasteiger partial charge on any atom is -0.481 e. The van der Waals surface area contributed by atoms with Crippen LogP contribution in [0.5, 0.6) is 5.88 Å². The summed E-state index contributed by atoms with van der Waals surface area (Å²) in [5, 5.41) is 3.72. The first-order valence-electron chi connectivity index (χ1n) is 6.95. The molecule has 0 unspecified atom stereocenters. The number of imidazole rings is 1. The van der Waals surface area contributed by atoms with Gasteiger partial charge >= 0.3 is 0 Å². The second-order valence-corrected chi connectivity index (χ2v) is 4.79. The number of pyridine rings is 1. The first-order valence-corrected chi connectivity index (χ1v) is 6.95. The molecular formula is C16H16N4O2. The van der Waals surface area contributed by atoms with Crippen LogP contribution >= 0.6 is 0 Å². The summed E-state index contributed by atoms with van der Waals surface area (Å²) in [4.78, 5) is 20.7. The number of hydrogen-bond donors (Lipinski definition) is 1. The molecular weight excluding hydrogens is 280 g/mol. The number of benzene rings is 1. The minimum atomic E-state index is -0.142. The third-order valence-electron chi connectivity index (χ3n) is 3.36. The van der Waals surface area contributed by atoms with Crippen LogP contribution < -0.4 is 10.1 Å². The van der Waals surface area contributed by atoms with E-state index in [1.807, 2.05) is 35.0 Å². The van der Waals surface area contributed by atoms with Crippen LogP contribution in [0.2, 0.25) is 0 Å². The number of fused-ring (bicyclic) bond motifs is 1. The molecule has 0 saturated carbocycles. The van der Waals surface area contributed by atoms with E-state index in [0.717, 1.165) is 10.9 Å². The number of carbonyl (C=O) groups excluding carboxylic acids is 1. The van der Waals surface area contributed by atoms with Crippen molar-refractivity contribution in [1.29, 1.82) is 0 Å². The van der Waals surface area contributed by atoms with Crippen molar-refractivity contribution in [1.82, 2.24) is 19.9 Å². The van der Waals surface area contributed by atoms with Gasteiger partial charge in [0.15, 0.2) is 0 Å². The van der Waals surface area contributed by atoms with Crippen molar-refractivity contribution in [3.05, 3.63) is 54.6 Å². The molecule has 3 aromatic rings. The smallest absolute Gasteiger partial charge is 0.252 e. The molecule has 22 heavy (non-hydrogen) atoms. The van der Waals surface area contributed by atoms with Gasteiger partial charge in [0, 0.05) is 36.9 Å². The Morgan fingerprint density at radius 1 is 1.36 bits per heavy atom. The Balaban J connectivity index is 1.80. The summed E-state index contributed by atoms with van der Waals surface area (Å²) >= 11 is 0. The van der Waals surface area contributed by atoms with E-state index in [2.05, 4.69) is 15.3 Å². The van der Waals surface area contributed by atoms with Gasteiger partial charge in [0.05, 0.1) is 24.5 Å². The van der Waals surface area contributed by atoms with E-state index in [4.69, 9.17) is 4.74 Å². The van der Waals surface area contributed by atoms with Gasteiger partial charge in [-0.15, -0.1) is 0 Å². The fourth-order valence-corrected chi connectivity index (χ4v) is 2.26. The van der Waals surface area contributed by atoms with Gasteiger partial charge in [0.25, 0.3) is 5.91 Å². The maximum Gasteiger partial charge on any atom is 0.252 e. The zero-order valence-corrected chi connectivity index (χ0v) is 12.2. The van der Waals surface area contributed by atoms with Crippen LogP contribution in [0.15, 0.2) is 49.1 Å². The Morgan fingerprint density at radius 3 is 3.00 bits per heavy atom. The molecule has 0 radical (unpaired) electrons. The van der Waals surface area contributed by atoms with Crippen LogP contribution in [0.1, 0.15) is 10.4 Å². The minimum absolute atomic E-state index is 0.142. The maximum absolute atomic E-state index is 12.4. The second kappa shape index (κ2) is 6.26. The van der Waals surface area contributed by atoms with E-state index in [0.29, 0.717) is 24.5 Å². The fourth-order valence-electron chi connectivity index (χ4n) is 2.26. The Kier molecular flexibility index (Phi) is 4.00. The molecule has 0 fully saturated rings. The average Bonchev–Trinajstić information content (AvgIpc) is 3.07. The summed E-state index contributed by atoms with van der Waals surface area (Å²) in [6.07, 6.45) is 5.29. The lowest BCUT2D eigenvalue weighted by atomic mass is 10.1. The van der Waals surface area contributed by atoms with Gasteiger partial charge in [0.1, 0.15) is 0 Å². The lowest BCUT2D eigenvalue weighted by Crippen LogP contribution is -2.27. The third kappa shape index (κ3) is 2.90. The standard InChI is InChI=1S/C16H16N4O2/c1-22-15-10-13(12-4-2-3-5-14(12)19-15)16(21)18-7-9-20-8-6-17-11-20/h2-6,8,10-11H,7,9H2,1H3,(H,18,21). The van der Waals surface area contributed by atoms with E-state index in [9.17, 15) is 4.79 Å². The monoisotopic (exact) mass is 296 g/mol. The molecule has 2 heterocycles. The van der Waals surface area contributed by atoms with Crippen LogP contribution in [0.3, 0.4) is 0 Å². The van der Waals surface area contributed by atoms with Gasteiger partial charge in [-0.25, -0.2) is 9.97 Å².